The second kappa shape index (κ2) is 4.11. The number of carbonyl (C=O) groups excluding carboxylic acids is 1. The second-order valence-electron chi connectivity index (χ2n) is 2.70. The summed E-state index contributed by atoms with van der Waals surface area (Å²) in [4.78, 5) is 12.9. The SMILES string of the molecule is O=Cc1ncc(C(F)(F)F)c(C(F)F)c1F. The van der Waals surface area contributed by atoms with Crippen LogP contribution < -0.4 is 0 Å². The number of aldehydes is 1. The Morgan fingerprint density at radius 1 is 1.31 bits per heavy atom. The topological polar surface area (TPSA) is 30.0 Å². The maximum atomic E-state index is 13.0. The minimum Gasteiger partial charge on any atom is -0.296 e. The van der Waals surface area contributed by atoms with Crippen LogP contribution in [0.25, 0.3) is 0 Å². The van der Waals surface area contributed by atoms with E-state index in [2.05, 4.69) is 4.98 Å². The molecule has 0 N–H and O–H groups in total. The molecule has 0 aromatic carbocycles. The van der Waals surface area contributed by atoms with E-state index in [0.717, 1.165) is 0 Å². The van der Waals surface area contributed by atoms with E-state index >= 15 is 0 Å². The largest absolute Gasteiger partial charge is 0.418 e. The van der Waals surface area contributed by atoms with Crippen molar-refractivity contribution >= 4 is 6.29 Å². The molecular weight excluding hydrogens is 240 g/mol. The minimum atomic E-state index is -5.15. The van der Waals surface area contributed by atoms with E-state index in [1.54, 1.807) is 0 Å². The Kier molecular flexibility index (Phi) is 3.20. The van der Waals surface area contributed by atoms with Gasteiger partial charge in [-0.2, -0.15) is 13.2 Å². The highest BCUT2D eigenvalue weighted by Gasteiger charge is 2.38. The molecule has 1 aromatic rings. The van der Waals surface area contributed by atoms with Crippen LogP contribution in [0.5, 0.6) is 0 Å². The van der Waals surface area contributed by atoms with Crippen LogP contribution in [-0.4, -0.2) is 11.3 Å². The first-order chi connectivity index (χ1) is 7.29. The van der Waals surface area contributed by atoms with Gasteiger partial charge in [0.1, 0.15) is 5.69 Å². The van der Waals surface area contributed by atoms with Gasteiger partial charge in [-0.25, -0.2) is 18.2 Å². The summed E-state index contributed by atoms with van der Waals surface area (Å²) in [5.41, 5.74) is -4.82. The molecule has 0 aliphatic rings. The van der Waals surface area contributed by atoms with Gasteiger partial charge in [0.2, 0.25) is 0 Å². The second-order valence-corrected chi connectivity index (χ2v) is 2.70. The summed E-state index contributed by atoms with van der Waals surface area (Å²) in [5.74, 6) is -1.94. The molecule has 0 bridgehead atoms. The van der Waals surface area contributed by atoms with E-state index in [-0.39, 0.29) is 12.5 Å². The lowest BCUT2D eigenvalue weighted by molar-refractivity contribution is -0.140. The fourth-order valence-corrected chi connectivity index (χ4v) is 1.04. The molecule has 0 saturated heterocycles. The van der Waals surface area contributed by atoms with Crippen molar-refractivity contribution in [1.82, 2.24) is 4.98 Å². The van der Waals surface area contributed by atoms with Gasteiger partial charge in [0.25, 0.3) is 6.43 Å². The van der Waals surface area contributed by atoms with Gasteiger partial charge in [-0.15, -0.1) is 0 Å². The molecule has 0 fully saturated rings. The third kappa shape index (κ3) is 2.15. The third-order valence-corrected chi connectivity index (χ3v) is 1.72. The molecule has 0 saturated carbocycles. The first-order valence-corrected chi connectivity index (χ1v) is 3.78. The molecule has 8 heteroatoms. The molecule has 1 aromatic heterocycles. The summed E-state index contributed by atoms with van der Waals surface area (Å²) < 4.78 is 74.1. The monoisotopic (exact) mass is 243 g/mol. The number of nitrogens with zero attached hydrogens (tertiary/aromatic N) is 1. The number of hydrogen-bond acceptors (Lipinski definition) is 2. The van der Waals surface area contributed by atoms with Crippen LogP contribution in [0.15, 0.2) is 6.20 Å². The van der Waals surface area contributed by atoms with Crippen molar-refractivity contribution in [2.45, 2.75) is 12.6 Å². The van der Waals surface area contributed by atoms with E-state index in [9.17, 15) is 31.1 Å². The zero-order chi connectivity index (χ0) is 12.5. The molecule has 0 aliphatic carbocycles. The highest BCUT2D eigenvalue weighted by molar-refractivity contribution is 5.72. The average molecular weight is 243 g/mol. The Bertz CT molecular complexity index is 414. The maximum absolute atomic E-state index is 13.0. The van der Waals surface area contributed by atoms with Crippen LogP contribution in [0.4, 0.5) is 26.3 Å². The van der Waals surface area contributed by atoms with Gasteiger partial charge >= 0.3 is 6.18 Å². The minimum absolute atomic E-state index is 0.00824. The van der Waals surface area contributed by atoms with Crippen LogP contribution in [0.3, 0.4) is 0 Å². The predicted octanol–water partition coefficient (Wildman–Crippen LogP) is 2.99. The number of rotatable bonds is 2. The van der Waals surface area contributed by atoms with Gasteiger partial charge in [0, 0.05) is 6.20 Å². The van der Waals surface area contributed by atoms with Crippen molar-refractivity contribution in [3.63, 3.8) is 0 Å². The van der Waals surface area contributed by atoms with Gasteiger partial charge in [-0.1, -0.05) is 0 Å². The smallest absolute Gasteiger partial charge is 0.296 e. The van der Waals surface area contributed by atoms with Crippen LogP contribution in [-0.2, 0) is 6.18 Å². The molecule has 0 atom stereocenters. The summed E-state index contributed by atoms with van der Waals surface area (Å²) in [7, 11) is 0. The van der Waals surface area contributed by atoms with Crippen LogP contribution in [0.2, 0.25) is 0 Å². The number of halogens is 6. The first-order valence-electron chi connectivity index (χ1n) is 3.78. The zero-order valence-electron chi connectivity index (χ0n) is 7.36. The normalized spacial score (nSPS) is 11.9. The molecule has 1 heterocycles. The van der Waals surface area contributed by atoms with Gasteiger partial charge in [-0.05, 0) is 0 Å². The maximum Gasteiger partial charge on any atom is 0.418 e. The van der Waals surface area contributed by atoms with Crippen LogP contribution >= 0.6 is 0 Å². The molecule has 0 amide bonds. The van der Waals surface area contributed by atoms with Crippen molar-refractivity contribution in [3.05, 3.63) is 28.8 Å². The molecule has 16 heavy (non-hydrogen) atoms. The summed E-state index contributed by atoms with van der Waals surface area (Å²) >= 11 is 0. The Morgan fingerprint density at radius 2 is 1.88 bits per heavy atom. The lowest BCUT2D eigenvalue weighted by atomic mass is 10.1. The fourth-order valence-electron chi connectivity index (χ4n) is 1.04. The summed E-state index contributed by atoms with van der Waals surface area (Å²) in [5, 5.41) is 0. The van der Waals surface area contributed by atoms with Gasteiger partial charge in [0.05, 0.1) is 11.1 Å². The standard InChI is InChI=1S/C8H3F6NO/c9-6-4(2-16)15-1-3(8(12,13)14)5(6)7(10)11/h1-2,7H. The summed E-state index contributed by atoms with van der Waals surface area (Å²) in [6, 6.07) is 0. The highest BCUT2D eigenvalue weighted by atomic mass is 19.4. The van der Waals surface area contributed by atoms with E-state index in [1.807, 2.05) is 0 Å². The van der Waals surface area contributed by atoms with Crippen molar-refractivity contribution < 1.29 is 31.1 Å². The van der Waals surface area contributed by atoms with Crippen LogP contribution in [0.1, 0.15) is 28.0 Å². The van der Waals surface area contributed by atoms with E-state index in [0.29, 0.717) is 0 Å². The number of alkyl halides is 5. The molecule has 2 nitrogen and oxygen atoms in total. The molecule has 0 aliphatic heterocycles. The fraction of sp³-hybridized carbons (Fsp3) is 0.250. The van der Waals surface area contributed by atoms with Crippen molar-refractivity contribution in [2.24, 2.45) is 0 Å². The van der Waals surface area contributed by atoms with Crippen molar-refractivity contribution in [1.29, 1.82) is 0 Å². The molecular formula is C8H3F6NO. The number of hydrogen-bond donors (Lipinski definition) is 0. The molecule has 0 radical (unpaired) electrons. The van der Waals surface area contributed by atoms with Gasteiger partial charge in [0.15, 0.2) is 12.1 Å². The molecule has 88 valence electrons. The Labute approximate surface area is 84.9 Å². The van der Waals surface area contributed by atoms with E-state index in [4.69, 9.17) is 0 Å². The van der Waals surface area contributed by atoms with E-state index in [1.165, 1.54) is 0 Å². The predicted molar refractivity (Wildman–Crippen MR) is 39.5 cm³/mol. The highest BCUT2D eigenvalue weighted by Crippen LogP contribution is 2.37. The zero-order valence-corrected chi connectivity index (χ0v) is 7.36. The molecule has 0 spiro atoms. The van der Waals surface area contributed by atoms with Crippen LogP contribution in [0, 0.1) is 5.82 Å². The van der Waals surface area contributed by atoms with Gasteiger partial charge < -0.3 is 0 Å². The summed E-state index contributed by atoms with van der Waals surface area (Å²) in [6.07, 6.45) is -9.06. The quantitative estimate of drug-likeness (QED) is 0.590. The van der Waals surface area contributed by atoms with Crippen molar-refractivity contribution in [2.75, 3.05) is 0 Å². The Morgan fingerprint density at radius 3 is 2.25 bits per heavy atom. The van der Waals surface area contributed by atoms with E-state index < -0.39 is 35.2 Å². The lowest BCUT2D eigenvalue weighted by Crippen LogP contribution is -2.14. The molecule has 0 unspecified atom stereocenters. The number of aromatic nitrogens is 1. The number of carbonyl (C=O) groups is 1. The lowest BCUT2D eigenvalue weighted by Gasteiger charge is -2.12. The molecule has 1 rings (SSSR count). The van der Waals surface area contributed by atoms with Crippen molar-refractivity contribution in [3.8, 4) is 0 Å². The van der Waals surface area contributed by atoms with Gasteiger partial charge in [-0.3, -0.25) is 4.79 Å². The first kappa shape index (κ1) is 12.5. The third-order valence-electron chi connectivity index (χ3n) is 1.72. The Balaban J connectivity index is 3.53. The summed E-state index contributed by atoms with van der Waals surface area (Å²) in [6.45, 7) is 0. The number of pyridine rings is 1. The Hall–Kier alpha value is -1.60. The average Bonchev–Trinajstić information content (AvgIpc) is 2.15.